The number of ether oxygens (including phenoxy) is 1. The van der Waals surface area contributed by atoms with Crippen molar-refractivity contribution in [1.29, 1.82) is 0 Å². The summed E-state index contributed by atoms with van der Waals surface area (Å²) in [7, 11) is -1.95. The average Bonchev–Trinajstić information content (AvgIpc) is 3.69. The zero-order valence-corrected chi connectivity index (χ0v) is 23.0. The molecule has 0 radical (unpaired) electrons. The fourth-order valence-corrected chi connectivity index (χ4v) is 5.70. The van der Waals surface area contributed by atoms with Crippen LogP contribution in [0.2, 0.25) is 0 Å². The number of hydrogen-bond acceptors (Lipinski definition) is 5. The minimum Gasteiger partial charge on any atom is -0.457 e. The molecule has 39 heavy (non-hydrogen) atoms. The molecule has 4 aromatic rings. The zero-order chi connectivity index (χ0) is 27.7. The molecule has 5 rings (SSSR count). The predicted molar refractivity (Wildman–Crippen MR) is 151 cm³/mol. The first-order valence-corrected chi connectivity index (χ1v) is 14.9. The highest BCUT2D eigenvalue weighted by Gasteiger charge is 2.33. The summed E-state index contributed by atoms with van der Waals surface area (Å²) in [5.41, 5.74) is 3.04. The van der Waals surface area contributed by atoms with Crippen molar-refractivity contribution in [1.82, 2.24) is 5.32 Å². The fraction of sp³-hybridized carbons (Fsp3) is 0.300. The maximum absolute atomic E-state index is 13.2. The molecule has 0 saturated heterocycles. The molecule has 1 saturated carbocycles. The highest BCUT2D eigenvalue weighted by molar-refractivity contribution is 7.92. The molecule has 0 atom stereocenters. The van der Waals surface area contributed by atoms with Gasteiger partial charge in [0.2, 0.25) is 10.0 Å². The minimum absolute atomic E-state index is 0.244. The second kappa shape index (κ2) is 10.7. The molecule has 1 aliphatic carbocycles. The average molecular weight is 551 g/mol. The van der Waals surface area contributed by atoms with Gasteiger partial charge in [-0.1, -0.05) is 13.3 Å². The van der Waals surface area contributed by atoms with E-state index < -0.39 is 10.0 Å². The van der Waals surface area contributed by atoms with Gasteiger partial charge in [0, 0.05) is 30.6 Å². The van der Waals surface area contributed by atoms with Crippen molar-refractivity contribution < 1.29 is 26.8 Å². The van der Waals surface area contributed by atoms with Gasteiger partial charge in [-0.05, 0) is 85.3 Å². The van der Waals surface area contributed by atoms with Gasteiger partial charge in [-0.25, -0.2) is 12.8 Å². The summed E-state index contributed by atoms with van der Waals surface area (Å²) in [4.78, 5) is 13.1. The molecule has 0 unspecified atom stereocenters. The Labute approximate surface area is 227 Å². The lowest BCUT2D eigenvalue weighted by Crippen LogP contribution is -2.31. The number of nitrogens with one attached hydrogen (secondary N) is 1. The van der Waals surface area contributed by atoms with E-state index in [1.54, 1.807) is 49.5 Å². The summed E-state index contributed by atoms with van der Waals surface area (Å²) in [6, 6.07) is 16.5. The molecular formula is C30H31FN2O5S. The van der Waals surface area contributed by atoms with Crippen LogP contribution in [0.1, 0.15) is 54.4 Å². The molecule has 9 heteroatoms. The number of fused-ring (bicyclic) bond motifs is 1. The van der Waals surface area contributed by atoms with Gasteiger partial charge in [-0.15, -0.1) is 0 Å². The quantitative estimate of drug-likeness (QED) is 0.234. The Bertz CT molecular complexity index is 1610. The maximum atomic E-state index is 13.2. The number of unbranched alkanes of at least 4 members (excludes halogenated alkanes) is 1. The Morgan fingerprint density at radius 1 is 1.08 bits per heavy atom. The number of nitrogens with zero attached hydrogens (tertiary/aromatic N) is 1. The summed E-state index contributed by atoms with van der Waals surface area (Å²) in [6.07, 6.45) is 4.76. The number of benzene rings is 3. The van der Waals surface area contributed by atoms with Crippen molar-refractivity contribution in [2.75, 3.05) is 24.2 Å². The van der Waals surface area contributed by atoms with E-state index in [1.807, 2.05) is 13.0 Å². The van der Waals surface area contributed by atoms with Crippen LogP contribution in [0.3, 0.4) is 0 Å². The number of hydrogen-bond donors (Lipinski definition) is 1. The summed E-state index contributed by atoms with van der Waals surface area (Å²) < 4.78 is 52.3. The van der Waals surface area contributed by atoms with E-state index in [2.05, 4.69) is 5.32 Å². The largest absolute Gasteiger partial charge is 0.457 e. The maximum Gasteiger partial charge on any atom is 0.255 e. The van der Waals surface area contributed by atoms with E-state index in [1.165, 1.54) is 22.7 Å². The number of sulfonamides is 1. The Balaban J connectivity index is 1.60. The van der Waals surface area contributed by atoms with Crippen LogP contribution in [0.5, 0.6) is 11.5 Å². The third kappa shape index (κ3) is 5.63. The van der Waals surface area contributed by atoms with Crippen LogP contribution in [-0.4, -0.2) is 34.2 Å². The highest BCUT2D eigenvalue weighted by atomic mass is 32.2. The molecule has 1 N–H and O–H groups in total. The Hall–Kier alpha value is -3.85. The number of anilines is 1. The molecule has 1 aromatic heterocycles. The van der Waals surface area contributed by atoms with Gasteiger partial charge in [-0.3, -0.25) is 9.10 Å². The predicted octanol–water partition coefficient (Wildman–Crippen LogP) is 6.83. The third-order valence-electron chi connectivity index (χ3n) is 6.86. The van der Waals surface area contributed by atoms with Crippen LogP contribution >= 0.6 is 0 Å². The third-order valence-corrected chi connectivity index (χ3v) is 8.04. The molecule has 204 valence electrons. The van der Waals surface area contributed by atoms with Crippen LogP contribution in [0.4, 0.5) is 10.1 Å². The summed E-state index contributed by atoms with van der Waals surface area (Å²) in [5, 5.41) is 3.36. The second-order valence-corrected chi connectivity index (χ2v) is 11.7. The standard InChI is InChI=1S/C30H31FN2O5S/c1-4-5-16-33(39(3,35)36)26-18-27-25(17-24(26)19-6-7-19)28(30(34)32-2)29(38-27)20-8-12-22(13-9-20)37-23-14-10-21(31)11-15-23/h8-15,17-19H,4-7,16H2,1-3H3,(H,32,34). The van der Waals surface area contributed by atoms with Gasteiger partial charge in [-0.2, -0.15) is 0 Å². The Morgan fingerprint density at radius 3 is 2.28 bits per heavy atom. The molecule has 0 bridgehead atoms. The smallest absolute Gasteiger partial charge is 0.255 e. The molecule has 1 fully saturated rings. The van der Waals surface area contributed by atoms with Crippen LogP contribution in [0.25, 0.3) is 22.3 Å². The lowest BCUT2D eigenvalue weighted by atomic mass is 10.0. The van der Waals surface area contributed by atoms with Gasteiger partial charge >= 0.3 is 0 Å². The van der Waals surface area contributed by atoms with Crippen LogP contribution in [0, 0.1) is 5.82 Å². The van der Waals surface area contributed by atoms with E-state index in [0.29, 0.717) is 51.6 Å². The minimum atomic E-state index is -3.52. The van der Waals surface area contributed by atoms with E-state index >= 15 is 0 Å². The lowest BCUT2D eigenvalue weighted by molar-refractivity contribution is 0.0964. The summed E-state index contributed by atoms with van der Waals surface area (Å²) >= 11 is 0. The molecule has 1 amide bonds. The van der Waals surface area contributed by atoms with E-state index in [0.717, 1.165) is 31.2 Å². The molecule has 7 nitrogen and oxygen atoms in total. The van der Waals surface area contributed by atoms with Gasteiger partial charge in [0.1, 0.15) is 28.7 Å². The molecular weight excluding hydrogens is 519 g/mol. The van der Waals surface area contributed by atoms with Crippen molar-refractivity contribution in [3.63, 3.8) is 0 Å². The van der Waals surface area contributed by atoms with Crippen molar-refractivity contribution in [3.05, 3.63) is 77.6 Å². The van der Waals surface area contributed by atoms with Gasteiger partial charge in [0.05, 0.1) is 17.5 Å². The van der Waals surface area contributed by atoms with Crippen LogP contribution in [0.15, 0.2) is 65.1 Å². The lowest BCUT2D eigenvalue weighted by Gasteiger charge is -2.25. The molecule has 0 aliphatic heterocycles. The zero-order valence-electron chi connectivity index (χ0n) is 22.2. The normalized spacial score (nSPS) is 13.4. The van der Waals surface area contributed by atoms with Crippen LogP contribution < -0.4 is 14.4 Å². The first-order chi connectivity index (χ1) is 18.7. The fourth-order valence-electron chi connectivity index (χ4n) is 4.72. The van der Waals surface area contributed by atoms with E-state index in [-0.39, 0.29) is 17.6 Å². The summed E-state index contributed by atoms with van der Waals surface area (Å²) in [5.74, 6) is 1.03. The Kier molecular flexibility index (Phi) is 7.36. The van der Waals surface area contributed by atoms with E-state index in [4.69, 9.17) is 9.15 Å². The summed E-state index contributed by atoms with van der Waals surface area (Å²) in [6.45, 7) is 2.40. The molecule has 0 spiro atoms. The van der Waals surface area contributed by atoms with Crippen molar-refractivity contribution >= 4 is 32.6 Å². The molecule has 1 heterocycles. The van der Waals surface area contributed by atoms with E-state index in [9.17, 15) is 17.6 Å². The number of rotatable bonds is 10. The van der Waals surface area contributed by atoms with Gasteiger partial charge < -0.3 is 14.5 Å². The highest BCUT2D eigenvalue weighted by Crippen LogP contribution is 2.48. The van der Waals surface area contributed by atoms with Gasteiger partial charge in [0.25, 0.3) is 5.91 Å². The van der Waals surface area contributed by atoms with Crippen molar-refractivity contribution in [2.45, 2.75) is 38.5 Å². The van der Waals surface area contributed by atoms with Gasteiger partial charge in [0.15, 0.2) is 0 Å². The first-order valence-electron chi connectivity index (χ1n) is 13.0. The Morgan fingerprint density at radius 2 is 1.72 bits per heavy atom. The number of furan rings is 1. The number of halogens is 1. The van der Waals surface area contributed by atoms with Crippen LogP contribution in [-0.2, 0) is 10.0 Å². The molecule has 1 aliphatic rings. The topological polar surface area (TPSA) is 88.8 Å². The number of amides is 1. The number of carbonyl (C=O) groups excluding carboxylic acids is 1. The second-order valence-electron chi connectivity index (χ2n) is 9.84. The van der Waals surface area contributed by atoms with Crippen molar-refractivity contribution in [2.24, 2.45) is 0 Å². The first kappa shape index (κ1) is 26.7. The SMILES string of the molecule is CCCCN(c1cc2oc(-c3ccc(Oc4ccc(F)cc4)cc3)c(C(=O)NC)c2cc1C1CC1)S(C)(=O)=O. The molecule has 3 aromatic carbocycles. The van der Waals surface area contributed by atoms with Crippen molar-refractivity contribution in [3.8, 4) is 22.8 Å². The number of carbonyl (C=O) groups is 1. The monoisotopic (exact) mass is 550 g/mol.